The average molecular weight is 572 g/mol. The Kier molecular flexibility index (Phi) is 7.92. The molecule has 0 aliphatic carbocycles. The number of pyridine rings is 1. The fourth-order valence-corrected chi connectivity index (χ4v) is 7.46. The van der Waals surface area contributed by atoms with Crippen molar-refractivity contribution in [3.63, 3.8) is 0 Å². The van der Waals surface area contributed by atoms with Gasteiger partial charge in [-0.2, -0.15) is 4.31 Å². The van der Waals surface area contributed by atoms with Gasteiger partial charge in [0, 0.05) is 63.5 Å². The van der Waals surface area contributed by atoms with Gasteiger partial charge in [-0.05, 0) is 48.6 Å². The molecule has 1 N–H and O–H groups in total. The molecular formula is C28H37N5O6S. The first-order chi connectivity index (χ1) is 19.1. The Balaban J connectivity index is 1.21. The van der Waals surface area contributed by atoms with Crippen molar-refractivity contribution in [1.82, 2.24) is 24.0 Å². The number of amides is 3. The minimum atomic E-state index is -3.70. The molecule has 0 spiro atoms. The molecule has 3 atom stereocenters. The number of piperidine rings is 1. The minimum absolute atomic E-state index is 0.00698. The number of piperazine rings is 1. The predicted molar refractivity (Wildman–Crippen MR) is 149 cm³/mol. The molecule has 3 aliphatic heterocycles. The molecule has 2 fully saturated rings. The summed E-state index contributed by atoms with van der Waals surface area (Å²) < 4.78 is 34.5. The van der Waals surface area contributed by atoms with Crippen LogP contribution in [0.15, 0.2) is 52.2 Å². The summed E-state index contributed by atoms with van der Waals surface area (Å²) in [6.45, 7) is 6.23. The lowest BCUT2D eigenvalue weighted by atomic mass is 9.83. The molecule has 2 bridgehead atoms. The van der Waals surface area contributed by atoms with Crippen molar-refractivity contribution in [2.45, 2.75) is 43.7 Å². The molecule has 3 amide bonds. The number of rotatable bonds is 6. The summed E-state index contributed by atoms with van der Waals surface area (Å²) in [6.07, 6.45) is 0.934. The van der Waals surface area contributed by atoms with Gasteiger partial charge in [-0.1, -0.05) is 19.9 Å². The number of methoxy groups -OCH3 is 1. The maximum Gasteiger partial charge on any atom is 0.318 e. The highest BCUT2D eigenvalue weighted by molar-refractivity contribution is 7.89. The predicted octanol–water partition coefficient (Wildman–Crippen LogP) is 1.54. The summed E-state index contributed by atoms with van der Waals surface area (Å²) in [5.41, 5.74) is 0.952. The Morgan fingerprint density at radius 1 is 0.950 bits per heavy atom. The third kappa shape index (κ3) is 5.46. The first-order valence-corrected chi connectivity index (χ1v) is 15.2. The summed E-state index contributed by atoms with van der Waals surface area (Å²) in [7, 11) is -2.17. The largest absolute Gasteiger partial charge is 0.497 e. The van der Waals surface area contributed by atoms with Crippen LogP contribution in [0, 0.1) is 11.8 Å². The zero-order chi connectivity index (χ0) is 28.6. The van der Waals surface area contributed by atoms with E-state index >= 15 is 0 Å². The molecule has 11 nitrogen and oxygen atoms in total. The third-order valence-electron chi connectivity index (χ3n) is 8.23. The molecule has 1 aromatic heterocycles. The van der Waals surface area contributed by atoms with E-state index in [2.05, 4.69) is 5.32 Å². The monoisotopic (exact) mass is 571 g/mol. The van der Waals surface area contributed by atoms with E-state index in [0.717, 1.165) is 12.1 Å². The van der Waals surface area contributed by atoms with Crippen LogP contribution >= 0.6 is 0 Å². The van der Waals surface area contributed by atoms with Crippen molar-refractivity contribution >= 4 is 22.0 Å². The minimum Gasteiger partial charge on any atom is -0.497 e. The molecule has 0 unspecified atom stereocenters. The number of benzene rings is 1. The number of nitrogens with one attached hydrogen (secondary N) is 1. The number of ether oxygens (including phenoxy) is 1. The number of carbonyl (C=O) groups excluding carboxylic acids is 2. The van der Waals surface area contributed by atoms with Crippen molar-refractivity contribution in [2.75, 3.05) is 46.4 Å². The lowest BCUT2D eigenvalue weighted by Crippen LogP contribution is -2.59. The zero-order valence-electron chi connectivity index (χ0n) is 23.2. The van der Waals surface area contributed by atoms with Crippen molar-refractivity contribution in [1.29, 1.82) is 0 Å². The molecular weight excluding hydrogens is 534 g/mol. The second-order valence-electron chi connectivity index (χ2n) is 11.2. The van der Waals surface area contributed by atoms with Gasteiger partial charge < -0.3 is 24.4 Å². The van der Waals surface area contributed by atoms with Crippen LogP contribution in [0.4, 0.5) is 4.79 Å². The van der Waals surface area contributed by atoms with Gasteiger partial charge >= 0.3 is 6.03 Å². The van der Waals surface area contributed by atoms with E-state index < -0.39 is 16.1 Å². The fourth-order valence-electron chi connectivity index (χ4n) is 6.04. The van der Waals surface area contributed by atoms with Crippen molar-refractivity contribution in [2.24, 2.45) is 11.8 Å². The van der Waals surface area contributed by atoms with Gasteiger partial charge in [0.15, 0.2) is 0 Å². The molecule has 4 heterocycles. The third-order valence-corrected chi connectivity index (χ3v) is 10.1. The molecule has 40 heavy (non-hydrogen) atoms. The Morgan fingerprint density at radius 3 is 2.30 bits per heavy atom. The van der Waals surface area contributed by atoms with E-state index in [1.54, 1.807) is 34.1 Å². The molecule has 216 valence electrons. The second kappa shape index (κ2) is 11.2. The standard InChI is InChI=1S/C28H37N5O6S/c1-19(2)26(29-28(36)31-16-20-15-21(18-31)24-5-4-6-25(34)33(24)17-20)27(35)30-11-13-32(14-12-30)40(37,38)23-9-7-22(39-3)8-10-23/h4-10,19-21,26H,11-18H2,1-3H3,(H,29,36)/t20-,21+,26-/m0/s1. The van der Waals surface area contributed by atoms with Crippen molar-refractivity contribution in [3.8, 4) is 5.75 Å². The van der Waals surface area contributed by atoms with E-state index in [0.29, 0.717) is 25.4 Å². The normalized spacial score (nSPS) is 22.0. The van der Waals surface area contributed by atoms with Gasteiger partial charge in [-0.25, -0.2) is 13.2 Å². The summed E-state index contributed by atoms with van der Waals surface area (Å²) >= 11 is 0. The number of likely N-dealkylation sites (tertiary alicyclic amines) is 1. The van der Waals surface area contributed by atoms with E-state index in [1.807, 2.05) is 24.5 Å². The fraction of sp³-hybridized carbons (Fsp3) is 0.536. The van der Waals surface area contributed by atoms with Crippen LogP contribution in [0.5, 0.6) is 5.75 Å². The highest BCUT2D eigenvalue weighted by Gasteiger charge is 2.39. The molecule has 2 aromatic rings. The Hall–Kier alpha value is -3.38. The first-order valence-electron chi connectivity index (χ1n) is 13.8. The number of urea groups is 1. The van der Waals surface area contributed by atoms with Crippen LogP contribution < -0.4 is 15.6 Å². The van der Waals surface area contributed by atoms with E-state index in [-0.39, 0.29) is 66.3 Å². The van der Waals surface area contributed by atoms with Gasteiger partial charge in [-0.15, -0.1) is 0 Å². The second-order valence-corrected chi connectivity index (χ2v) is 13.1. The van der Waals surface area contributed by atoms with E-state index in [9.17, 15) is 22.8 Å². The van der Waals surface area contributed by atoms with Crippen molar-refractivity contribution in [3.05, 3.63) is 58.5 Å². The Bertz CT molecular complexity index is 1420. The molecule has 2 saturated heterocycles. The number of fused-ring (bicyclic) bond motifs is 4. The molecule has 1 aromatic carbocycles. The Morgan fingerprint density at radius 2 is 1.65 bits per heavy atom. The van der Waals surface area contributed by atoms with Gasteiger partial charge in [0.2, 0.25) is 15.9 Å². The van der Waals surface area contributed by atoms with Crippen molar-refractivity contribution < 1.29 is 22.7 Å². The quantitative estimate of drug-likeness (QED) is 0.562. The van der Waals surface area contributed by atoms with Gasteiger partial charge in [-0.3, -0.25) is 9.59 Å². The SMILES string of the molecule is COc1ccc(S(=O)(=O)N2CCN(C(=O)[C@@H](NC(=O)N3C[C@@H]4C[C@H](C3)c3cccc(=O)n3C4)C(C)C)CC2)cc1. The molecule has 5 rings (SSSR count). The van der Waals surface area contributed by atoms with Crippen LogP contribution in [0.25, 0.3) is 0 Å². The summed E-state index contributed by atoms with van der Waals surface area (Å²) in [6, 6.07) is 10.5. The summed E-state index contributed by atoms with van der Waals surface area (Å²) in [4.78, 5) is 42.8. The van der Waals surface area contributed by atoms with Gasteiger partial charge in [0.1, 0.15) is 11.8 Å². The summed E-state index contributed by atoms with van der Waals surface area (Å²) in [5, 5.41) is 2.97. The first kappa shape index (κ1) is 28.2. The highest BCUT2D eigenvalue weighted by Crippen LogP contribution is 2.35. The average Bonchev–Trinajstić information content (AvgIpc) is 2.96. The smallest absolute Gasteiger partial charge is 0.318 e. The van der Waals surface area contributed by atoms with Crippen LogP contribution in [0.1, 0.15) is 31.9 Å². The number of aromatic nitrogens is 1. The van der Waals surface area contributed by atoms with Crippen LogP contribution in [0.3, 0.4) is 0 Å². The maximum atomic E-state index is 13.5. The van der Waals surface area contributed by atoms with E-state index in [4.69, 9.17) is 4.74 Å². The zero-order valence-corrected chi connectivity index (χ0v) is 24.0. The molecule has 12 heteroatoms. The number of hydrogen-bond acceptors (Lipinski definition) is 6. The number of carbonyl (C=O) groups is 2. The number of sulfonamides is 1. The molecule has 0 saturated carbocycles. The lowest BCUT2D eigenvalue weighted by molar-refractivity contribution is -0.135. The molecule has 0 radical (unpaired) electrons. The maximum absolute atomic E-state index is 13.5. The lowest BCUT2D eigenvalue weighted by Gasteiger charge is -2.43. The number of hydrogen-bond donors (Lipinski definition) is 1. The summed E-state index contributed by atoms with van der Waals surface area (Å²) in [5.74, 6) is 0.483. The van der Waals surface area contributed by atoms with E-state index in [1.165, 1.54) is 23.5 Å². The van der Waals surface area contributed by atoms with Gasteiger partial charge in [0.05, 0.1) is 12.0 Å². The van der Waals surface area contributed by atoms with Gasteiger partial charge in [0.25, 0.3) is 5.56 Å². The van der Waals surface area contributed by atoms with Crippen LogP contribution in [-0.2, 0) is 21.4 Å². The highest BCUT2D eigenvalue weighted by atomic mass is 32.2. The molecule has 3 aliphatic rings. The topological polar surface area (TPSA) is 121 Å². The van der Waals surface area contributed by atoms with Crippen LogP contribution in [0.2, 0.25) is 0 Å². The Labute approximate surface area is 234 Å². The van der Waals surface area contributed by atoms with Crippen LogP contribution in [-0.4, -0.2) is 91.4 Å². The number of nitrogens with zero attached hydrogens (tertiary/aromatic N) is 4.